The molecule has 5 heteroatoms. The van der Waals surface area contributed by atoms with E-state index in [2.05, 4.69) is 17.2 Å². The first-order valence-electron chi connectivity index (χ1n) is 6.26. The van der Waals surface area contributed by atoms with Crippen LogP contribution in [0, 0.1) is 0 Å². The molecule has 1 aromatic heterocycles. The van der Waals surface area contributed by atoms with Crippen molar-refractivity contribution in [3.05, 3.63) is 23.8 Å². The molecule has 3 rings (SSSR count). The molecule has 5 nitrogen and oxygen atoms in total. The second kappa shape index (κ2) is 3.80. The number of rotatable bonds is 3. The van der Waals surface area contributed by atoms with Crippen molar-refractivity contribution < 1.29 is 9.90 Å². The lowest BCUT2D eigenvalue weighted by Crippen LogP contribution is -2.41. The number of benzene rings is 1. The highest BCUT2D eigenvalue weighted by Gasteiger charge is 2.39. The van der Waals surface area contributed by atoms with Crippen molar-refractivity contribution in [3.8, 4) is 0 Å². The van der Waals surface area contributed by atoms with Gasteiger partial charge >= 0.3 is 5.97 Å². The van der Waals surface area contributed by atoms with Crippen molar-refractivity contribution in [2.24, 2.45) is 0 Å². The van der Waals surface area contributed by atoms with Crippen LogP contribution in [0.3, 0.4) is 0 Å². The van der Waals surface area contributed by atoms with E-state index in [0.29, 0.717) is 11.0 Å². The quantitative estimate of drug-likeness (QED) is 0.901. The highest BCUT2D eigenvalue weighted by atomic mass is 16.4. The average molecular weight is 245 g/mol. The Balaban J connectivity index is 2.27. The fraction of sp³-hybridized carbons (Fsp3) is 0.462. The Morgan fingerprint density at radius 3 is 2.83 bits per heavy atom. The molecule has 1 fully saturated rings. The molecule has 1 aliphatic rings. The summed E-state index contributed by atoms with van der Waals surface area (Å²) in [6.07, 6.45) is 4.23. The Bertz CT molecular complexity index is 608. The first-order valence-corrected chi connectivity index (χ1v) is 6.26. The molecule has 0 spiro atoms. The van der Waals surface area contributed by atoms with Crippen LogP contribution in [0.15, 0.2) is 18.2 Å². The number of carboxylic acid groups (broad SMARTS) is 1. The predicted octanol–water partition coefficient (Wildman–Crippen LogP) is 2.42. The molecule has 94 valence electrons. The number of fused-ring (bicyclic) bond motifs is 1. The normalized spacial score (nSPS) is 17.6. The SMILES string of the molecule is CCC1(n2nnc3cccc(C(=O)O)c32)CCC1. The lowest BCUT2D eigenvalue weighted by atomic mass is 9.75. The van der Waals surface area contributed by atoms with E-state index in [1.54, 1.807) is 12.1 Å². The smallest absolute Gasteiger partial charge is 0.337 e. The molecule has 0 aliphatic heterocycles. The number of para-hydroxylation sites is 1. The van der Waals surface area contributed by atoms with Gasteiger partial charge in [-0.05, 0) is 37.8 Å². The van der Waals surface area contributed by atoms with Crippen LogP contribution in [0.25, 0.3) is 11.0 Å². The Hall–Kier alpha value is -1.91. The van der Waals surface area contributed by atoms with Crippen LogP contribution in [0.5, 0.6) is 0 Å². The summed E-state index contributed by atoms with van der Waals surface area (Å²) < 4.78 is 1.84. The van der Waals surface area contributed by atoms with Crippen LogP contribution in [-0.2, 0) is 5.54 Å². The third-order valence-corrected chi connectivity index (χ3v) is 4.09. The molecular formula is C13H15N3O2. The van der Waals surface area contributed by atoms with Crippen molar-refractivity contribution in [2.75, 3.05) is 0 Å². The Morgan fingerprint density at radius 1 is 1.50 bits per heavy atom. The number of carbonyl (C=O) groups is 1. The number of hydrogen-bond donors (Lipinski definition) is 1. The minimum atomic E-state index is -0.922. The van der Waals surface area contributed by atoms with Gasteiger partial charge in [0.05, 0.1) is 11.1 Å². The number of nitrogens with zero attached hydrogens (tertiary/aromatic N) is 3. The van der Waals surface area contributed by atoms with Gasteiger partial charge in [-0.1, -0.05) is 18.2 Å². The first kappa shape index (κ1) is 11.2. The number of carboxylic acids is 1. The molecule has 18 heavy (non-hydrogen) atoms. The maximum atomic E-state index is 11.3. The average Bonchev–Trinajstić information content (AvgIpc) is 2.73. The van der Waals surface area contributed by atoms with Gasteiger partial charge in [-0.3, -0.25) is 0 Å². The summed E-state index contributed by atoms with van der Waals surface area (Å²) in [5.41, 5.74) is 1.58. The summed E-state index contributed by atoms with van der Waals surface area (Å²) in [5, 5.41) is 17.6. The van der Waals surface area contributed by atoms with Gasteiger partial charge in [0.25, 0.3) is 0 Å². The highest BCUT2D eigenvalue weighted by Crippen LogP contribution is 2.43. The summed E-state index contributed by atoms with van der Waals surface area (Å²) in [7, 11) is 0. The number of hydrogen-bond acceptors (Lipinski definition) is 3. The molecule has 1 aliphatic carbocycles. The molecule has 0 unspecified atom stereocenters. The zero-order valence-corrected chi connectivity index (χ0v) is 10.3. The van der Waals surface area contributed by atoms with Crippen LogP contribution in [-0.4, -0.2) is 26.1 Å². The van der Waals surface area contributed by atoms with Gasteiger partial charge in [-0.15, -0.1) is 5.10 Å². The third-order valence-electron chi connectivity index (χ3n) is 4.09. The van der Waals surface area contributed by atoms with E-state index in [0.717, 1.165) is 19.3 Å². The third kappa shape index (κ3) is 1.36. The van der Waals surface area contributed by atoms with E-state index >= 15 is 0 Å². The monoisotopic (exact) mass is 245 g/mol. The Labute approximate surface area is 104 Å². The molecule has 2 aromatic rings. The van der Waals surface area contributed by atoms with Crippen molar-refractivity contribution in [1.29, 1.82) is 0 Å². The molecule has 0 atom stereocenters. The van der Waals surface area contributed by atoms with Gasteiger partial charge in [-0.2, -0.15) is 0 Å². The van der Waals surface area contributed by atoms with Gasteiger partial charge in [0.2, 0.25) is 0 Å². The number of aromatic nitrogens is 3. The maximum Gasteiger partial charge on any atom is 0.337 e. The molecule has 0 bridgehead atoms. The minimum absolute atomic E-state index is 0.0275. The van der Waals surface area contributed by atoms with E-state index in [-0.39, 0.29) is 11.1 Å². The lowest BCUT2D eigenvalue weighted by molar-refractivity contribution is 0.0696. The van der Waals surface area contributed by atoms with Crippen LogP contribution in [0.1, 0.15) is 43.0 Å². The van der Waals surface area contributed by atoms with Crippen LogP contribution in [0.4, 0.5) is 0 Å². The molecule has 1 N–H and O–H groups in total. The fourth-order valence-electron chi connectivity index (χ4n) is 2.78. The predicted molar refractivity (Wildman–Crippen MR) is 66.6 cm³/mol. The van der Waals surface area contributed by atoms with E-state index in [9.17, 15) is 9.90 Å². The molecule has 0 amide bonds. The van der Waals surface area contributed by atoms with Crippen molar-refractivity contribution in [1.82, 2.24) is 15.0 Å². The standard InChI is InChI=1S/C13H15N3O2/c1-2-13(7-4-8-13)16-11-9(12(17)18)5-3-6-10(11)14-15-16/h3,5-6H,2,4,7-8H2,1H3,(H,17,18). The summed E-state index contributed by atoms with van der Waals surface area (Å²) in [4.78, 5) is 11.3. The van der Waals surface area contributed by atoms with Gasteiger partial charge in [0.15, 0.2) is 0 Å². The van der Waals surface area contributed by atoms with Gasteiger partial charge in [0.1, 0.15) is 11.0 Å². The van der Waals surface area contributed by atoms with E-state index in [1.807, 2.05) is 10.7 Å². The van der Waals surface area contributed by atoms with Crippen molar-refractivity contribution in [2.45, 2.75) is 38.1 Å². The van der Waals surface area contributed by atoms with Crippen LogP contribution in [0.2, 0.25) is 0 Å². The van der Waals surface area contributed by atoms with Crippen molar-refractivity contribution in [3.63, 3.8) is 0 Å². The number of aromatic carboxylic acids is 1. The minimum Gasteiger partial charge on any atom is -0.478 e. The Morgan fingerprint density at radius 2 is 2.28 bits per heavy atom. The fourth-order valence-corrected chi connectivity index (χ4v) is 2.78. The zero-order chi connectivity index (χ0) is 12.8. The van der Waals surface area contributed by atoms with Gasteiger partial charge in [-0.25, -0.2) is 9.48 Å². The summed E-state index contributed by atoms with van der Waals surface area (Å²) in [6, 6.07) is 5.14. The molecule has 0 radical (unpaired) electrons. The lowest BCUT2D eigenvalue weighted by Gasteiger charge is -2.41. The molecule has 0 saturated heterocycles. The Kier molecular flexibility index (Phi) is 2.36. The largest absolute Gasteiger partial charge is 0.478 e. The highest BCUT2D eigenvalue weighted by molar-refractivity contribution is 6.00. The second-order valence-electron chi connectivity index (χ2n) is 4.91. The van der Waals surface area contributed by atoms with Crippen molar-refractivity contribution >= 4 is 17.0 Å². The van der Waals surface area contributed by atoms with Gasteiger partial charge in [0, 0.05) is 0 Å². The maximum absolute atomic E-state index is 11.3. The first-order chi connectivity index (χ1) is 8.68. The molecule has 1 saturated carbocycles. The molecular weight excluding hydrogens is 230 g/mol. The topological polar surface area (TPSA) is 68.0 Å². The van der Waals surface area contributed by atoms with E-state index < -0.39 is 5.97 Å². The zero-order valence-electron chi connectivity index (χ0n) is 10.3. The van der Waals surface area contributed by atoms with Gasteiger partial charge < -0.3 is 5.11 Å². The second-order valence-corrected chi connectivity index (χ2v) is 4.91. The molecule has 1 aromatic carbocycles. The van der Waals surface area contributed by atoms with Crippen LogP contribution >= 0.6 is 0 Å². The van der Waals surface area contributed by atoms with E-state index in [1.165, 1.54) is 6.42 Å². The summed E-state index contributed by atoms with van der Waals surface area (Å²) in [6.45, 7) is 2.12. The summed E-state index contributed by atoms with van der Waals surface area (Å²) in [5.74, 6) is -0.922. The van der Waals surface area contributed by atoms with E-state index in [4.69, 9.17) is 0 Å². The van der Waals surface area contributed by atoms with Crippen LogP contribution < -0.4 is 0 Å². The summed E-state index contributed by atoms with van der Waals surface area (Å²) >= 11 is 0. The molecule has 1 heterocycles.